The zero-order valence-corrected chi connectivity index (χ0v) is 14.1. The van der Waals surface area contributed by atoms with Gasteiger partial charge in [0.1, 0.15) is 0 Å². The molecule has 1 aliphatic rings. The van der Waals surface area contributed by atoms with E-state index in [2.05, 4.69) is 0 Å². The smallest absolute Gasteiger partial charge is 0.269 e. The van der Waals surface area contributed by atoms with Gasteiger partial charge in [-0.25, -0.2) is 8.42 Å². The Bertz CT molecular complexity index is 663. The average Bonchev–Trinajstić information content (AvgIpc) is 2.88. The number of rotatable bonds is 4. The molecule has 0 amide bonds. The molecule has 1 saturated heterocycles. The number of halogens is 1. The number of benzene rings is 1. The van der Waals surface area contributed by atoms with Gasteiger partial charge in [-0.1, -0.05) is 0 Å². The molecule has 22 heavy (non-hydrogen) atoms. The van der Waals surface area contributed by atoms with Crippen molar-refractivity contribution in [3.63, 3.8) is 0 Å². The zero-order chi connectivity index (χ0) is 15.8. The van der Waals surface area contributed by atoms with E-state index in [-0.39, 0.29) is 34.9 Å². The van der Waals surface area contributed by atoms with Crippen molar-refractivity contribution < 1.29 is 13.3 Å². The van der Waals surface area contributed by atoms with Gasteiger partial charge in [-0.05, 0) is 37.8 Å². The molecule has 0 aliphatic carbocycles. The van der Waals surface area contributed by atoms with E-state index in [1.807, 2.05) is 6.92 Å². The number of nitro groups is 1. The van der Waals surface area contributed by atoms with Crippen LogP contribution in [0.4, 0.5) is 5.69 Å². The van der Waals surface area contributed by atoms with E-state index in [4.69, 9.17) is 5.73 Å². The summed E-state index contributed by atoms with van der Waals surface area (Å²) in [7, 11) is -3.62. The molecule has 1 heterocycles. The second-order valence-electron chi connectivity index (χ2n) is 5.48. The molecule has 124 valence electrons. The van der Waals surface area contributed by atoms with Crippen molar-refractivity contribution in [2.75, 3.05) is 13.1 Å². The fraction of sp³-hybridized carbons (Fsp3) is 0.538. The van der Waals surface area contributed by atoms with Gasteiger partial charge in [0.25, 0.3) is 5.69 Å². The molecule has 0 bridgehead atoms. The lowest BCUT2D eigenvalue weighted by atomic mass is 10.0. The highest BCUT2D eigenvalue weighted by Crippen LogP contribution is 2.28. The van der Waals surface area contributed by atoms with Crippen LogP contribution in [0, 0.1) is 23.0 Å². The Morgan fingerprint density at radius 3 is 2.55 bits per heavy atom. The Labute approximate surface area is 136 Å². The zero-order valence-electron chi connectivity index (χ0n) is 12.4. The minimum atomic E-state index is -3.62. The maximum atomic E-state index is 12.6. The Kier molecular flexibility index (Phi) is 5.91. The number of hydrogen-bond donors (Lipinski definition) is 1. The molecule has 2 atom stereocenters. The number of aryl methyl sites for hydroxylation is 1. The van der Waals surface area contributed by atoms with Crippen LogP contribution in [-0.2, 0) is 10.0 Å². The minimum absolute atomic E-state index is 0. The fourth-order valence-electron chi connectivity index (χ4n) is 2.58. The molecule has 1 aromatic rings. The van der Waals surface area contributed by atoms with Gasteiger partial charge in [0, 0.05) is 31.3 Å². The number of non-ortho nitro benzene ring substituents is 1. The summed E-state index contributed by atoms with van der Waals surface area (Å²) in [4.78, 5) is 10.3. The highest BCUT2D eigenvalue weighted by atomic mass is 35.5. The molecule has 0 radical (unpaired) electrons. The first-order chi connectivity index (χ1) is 9.73. The summed E-state index contributed by atoms with van der Waals surface area (Å²) >= 11 is 0. The molecule has 1 fully saturated rings. The van der Waals surface area contributed by atoms with E-state index in [1.165, 1.54) is 22.5 Å². The number of nitrogens with zero attached hydrogens (tertiary/aromatic N) is 2. The van der Waals surface area contributed by atoms with Crippen LogP contribution in [0.3, 0.4) is 0 Å². The van der Waals surface area contributed by atoms with Crippen molar-refractivity contribution in [1.29, 1.82) is 0 Å². The minimum Gasteiger partial charge on any atom is -0.328 e. The molecule has 7 nitrogen and oxygen atoms in total. The van der Waals surface area contributed by atoms with Crippen molar-refractivity contribution in [3.8, 4) is 0 Å². The van der Waals surface area contributed by atoms with E-state index < -0.39 is 14.9 Å². The van der Waals surface area contributed by atoms with E-state index in [9.17, 15) is 18.5 Å². The first-order valence-electron chi connectivity index (χ1n) is 6.74. The molecule has 2 N–H and O–H groups in total. The maximum absolute atomic E-state index is 12.6. The van der Waals surface area contributed by atoms with Crippen molar-refractivity contribution in [2.45, 2.75) is 31.2 Å². The van der Waals surface area contributed by atoms with Crippen LogP contribution in [0.15, 0.2) is 23.1 Å². The molecule has 2 rings (SSSR count). The first kappa shape index (κ1) is 18.8. The van der Waals surface area contributed by atoms with E-state index in [0.717, 1.165) is 6.42 Å². The molecule has 2 unspecified atom stereocenters. The summed E-state index contributed by atoms with van der Waals surface area (Å²) < 4.78 is 26.7. The lowest BCUT2D eigenvalue weighted by molar-refractivity contribution is -0.385. The van der Waals surface area contributed by atoms with Crippen molar-refractivity contribution in [2.24, 2.45) is 11.7 Å². The monoisotopic (exact) mass is 349 g/mol. The molecular weight excluding hydrogens is 330 g/mol. The fourth-order valence-corrected chi connectivity index (χ4v) is 4.29. The lowest BCUT2D eigenvalue weighted by Gasteiger charge is -2.19. The van der Waals surface area contributed by atoms with Crippen LogP contribution in [0.25, 0.3) is 0 Å². The summed E-state index contributed by atoms with van der Waals surface area (Å²) in [5.41, 5.74) is 6.10. The van der Waals surface area contributed by atoms with Crippen molar-refractivity contribution >= 4 is 28.1 Å². The molecule has 1 aliphatic heterocycles. The predicted octanol–water partition coefficient (Wildman–Crippen LogP) is 1.68. The second kappa shape index (κ2) is 6.91. The van der Waals surface area contributed by atoms with E-state index >= 15 is 0 Å². The molecule has 0 aromatic heterocycles. The normalized spacial score (nSPS) is 20.4. The summed E-state index contributed by atoms with van der Waals surface area (Å²) in [6, 6.07) is 3.76. The van der Waals surface area contributed by atoms with Gasteiger partial charge in [-0.15, -0.1) is 12.4 Å². The van der Waals surface area contributed by atoms with Gasteiger partial charge >= 0.3 is 0 Å². The number of hydrogen-bond acceptors (Lipinski definition) is 5. The van der Waals surface area contributed by atoms with Crippen molar-refractivity contribution in [3.05, 3.63) is 33.9 Å². The van der Waals surface area contributed by atoms with Crippen LogP contribution < -0.4 is 5.73 Å². The summed E-state index contributed by atoms with van der Waals surface area (Å²) in [6.45, 7) is 4.28. The predicted molar refractivity (Wildman–Crippen MR) is 85.6 cm³/mol. The maximum Gasteiger partial charge on any atom is 0.269 e. The second-order valence-corrected chi connectivity index (χ2v) is 7.38. The molecular formula is C13H20ClN3O4S. The van der Waals surface area contributed by atoms with Gasteiger partial charge in [0.15, 0.2) is 0 Å². The average molecular weight is 350 g/mol. The quantitative estimate of drug-likeness (QED) is 0.657. The summed E-state index contributed by atoms with van der Waals surface area (Å²) in [6.07, 6.45) is 0.739. The first-order valence-corrected chi connectivity index (χ1v) is 8.18. The SMILES string of the molecule is Cc1cc([N+](=O)[O-])ccc1S(=O)(=O)N1CCC(C(C)N)C1.Cl. The standard InChI is InChI=1S/C13H19N3O4S.ClH/c1-9-7-12(16(17)18)3-4-13(9)21(19,20)15-6-5-11(8-15)10(2)14;/h3-4,7,10-11H,5-6,8,14H2,1-2H3;1H. The van der Waals surface area contributed by atoms with Gasteiger partial charge in [-0.2, -0.15) is 4.31 Å². The summed E-state index contributed by atoms with van der Waals surface area (Å²) in [5, 5.41) is 10.7. The van der Waals surface area contributed by atoms with E-state index in [1.54, 1.807) is 6.92 Å². The molecule has 9 heteroatoms. The Morgan fingerprint density at radius 1 is 1.45 bits per heavy atom. The molecule has 1 aromatic carbocycles. The van der Waals surface area contributed by atoms with Crippen molar-refractivity contribution in [1.82, 2.24) is 4.31 Å². The third-order valence-electron chi connectivity index (χ3n) is 3.92. The number of nitro benzene ring substituents is 1. The Morgan fingerprint density at radius 2 is 2.09 bits per heavy atom. The molecule has 0 spiro atoms. The molecule has 0 saturated carbocycles. The van der Waals surface area contributed by atoms with Crippen LogP contribution in [0.1, 0.15) is 18.9 Å². The third kappa shape index (κ3) is 3.57. The van der Waals surface area contributed by atoms with Gasteiger partial charge in [-0.3, -0.25) is 10.1 Å². The Balaban J connectivity index is 0.00000242. The lowest BCUT2D eigenvalue weighted by Crippen LogP contribution is -2.33. The largest absolute Gasteiger partial charge is 0.328 e. The Hall–Kier alpha value is -1.22. The highest BCUT2D eigenvalue weighted by molar-refractivity contribution is 7.89. The van der Waals surface area contributed by atoms with Crippen LogP contribution in [-0.4, -0.2) is 36.8 Å². The van der Waals surface area contributed by atoms with Gasteiger partial charge < -0.3 is 5.73 Å². The number of sulfonamides is 1. The van der Waals surface area contributed by atoms with Crippen LogP contribution >= 0.6 is 12.4 Å². The summed E-state index contributed by atoms with van der Waals surface area (Å²) in [5.74, 6) is 0.151. The van der Waals surface area contributed by atoms with Crippen LogP contribution in [0.5, 0.6) is 0 Å². The van der Waals surface area contributed by atoms with Gasteiger partial charge in [0.2, 0.25) is 10.0 Å². The van der Waals surface area contributed by atoms with Crippen LogP contribution in [0.2, 0.25) is 0 Å². The van der Waals surface area contributed by atoms with Gasteiger partial charge in [0.05, 0.1) is 9.82 Å². The topological polar surface area (TPSA) is 107 Å². The van der Waals surface area contributed by atoms with E-state index in [0.29, 0.717) is 18.7 Å². The third-order valence-corrected chi connectivity index (χ3v) is 5.94. The highest BCUT2D eigenvalue weighted by Gasteiger charge is 2.34. The number of nitrogens with two attached hydrogens (primary N) is 1.